The van der Waals surface area contributed by atoms with E-state index < -0.39 is 0 Å². The van der Waals surface area contributed by atoms with Crippen LogP contribution in [0.3, 0.4) is 0 Å². The second-order valence-corrected chi connectivity index (χ2v) is 13.4. The van der Waals surface area contributed by atoms with Crippen molar-refractivity contribution in [1.82, 2.24) is 15.0 Å². The molecule has 1 atom stereocenters. The van der Waals surface area contributed by atoms with Crippen molar-refractivity contribution in [1.29, 1.82) is 0 Å². The molecule has 0 spiro atoms. The van der Waals surface area contributed by atoms with E-state index in [2.05, 4.69) is 136 Å². The first-order valence-electron chi connectivity index (χ1n) is 16.8. The summed E-state index contributed by atoms with van der Waals surface area (Å²) < 4.78 is 0. The number of fused-ring (bicyclic) bond motifs is 1. The van der Waals surface area contributed by atoms with E-state index in [4.69, 9.17) is 15.0 Å². The lowest BCUT2D eigenvalue weighted by Crippen LogP contribution is -2.16. The number of rotatable bonds is 6. The van der Waals surface area contributed by atoms with Crippen LogP contribution in [-0.2, 0) is 5.41 Å². The van der Waals surface area contributed by atoms with E-state index in [1.54, 1.807) is 0 Å². The van der Waals surface area contributed by atoms with E-state index in [9.17, 15) is 0 Å². The molecule has 0 aliphatic heterocycles. The van der Waals surface area contributed by atoms with Gasteiger partial charge in [-0.3, -0.25) is 0 Å². The molecule has 8 rings (SSSR count). The molecule has 0 radical (unpaired) electrons. The standard InChI is InChI=1S/C45H37N3/c1-30-24-25-38(44-47-42(31-14-6-4-7-15-31)46-43(48-44)32-16-8-5-9-17-32)28-39(30)35-21-12-19-33(26-35)34-20-13-22-36(27-34)41-29-37-18-10-11-23-40(37)45(41,2)3/h4-23,25-30H,24H2,1-3H3. The van der Waals surface area contributed by atoms with Crippen LogP contribution in [0.25, 0.3) is 56.7 Å². The second-order valence-electron chi connectivity index (χ2n) is 13.4. The maximum absolute atomic E-state index is 5.00. The summed E-state index contributed by atoms with van der Waals surface area (Å²) in [5.74, 6) is 2.42. The lowest BCUT2D eigenvalue weighted by Gasteiger charge is -2.25. The van der Waals surface area contributed by atoms with E-state index in [-0.39, 0.29) is 5.41 Å². The van der Waals surface area contributed by atoms with Gasteiger partial charge in [-0.25, -0.2) is 15.0 Å². The van der Waals surface area contributed by atoms with Crippen molar-refractivity contribution in [2.75, 3.05) is 0 Å². The minimum atomic E-state index is -0.0437. The number of benzene rings is 5. The first-order valence-corrected chi connectivity index (χ1v) is 16.8. The number of nitrogens with zero attached hydrogens (tertiary/aromatic N) is 3. The van der Waals surface area contributed by atoms with Crippen LogP contribution >= 0.6 is 0 Å². The highest BCUT2D eigenvalue weighted by atomic mass is 15.0. The van der Waals surface area contributed by atoms with Crippen molar-refractivity contribution in [3.63, 3.8) is 0 Å². The lowest BCUT2D eigenvalue weighted by molar-refractivity contribution is 0.704. The Kier molecular flexibility index (Phi) is 7.53. The fraction of sp³-hybridized carbons (Fsp3) is 0.133. The summed E-state index contributed by atoms with van der Waals surface area (Å²) in [5.41, 5.74) is 13.2. The van der Waals surface area contributed by atoms with Crippen LogP contribution in [-0.4, -0.2) is 15.0 Å². The van der Waals surface area contributed by atoms with E-state index in [1.165, 1.54) is 44.5 Å². The SMILES string of the molecule is CC1CC=C(c2nc(-c3ccccc3)nc(-c3ccccc3)n2)C=C1c1cccc(-c2cccc(C3=Cc4ccccc4C3(C)C)c2)c1. The van der Waals surface area contributed by atoms with E-state index in [1.807, 2.05) is 36.4 Å². The van der Waals surface area contributed by atoms with Gasteiger partial charge in [0.1, 0.15) is 0 Å². The fourth-order valence-electron chi connectivity index (χ4n) is 7.12. The molecular formula is C45H37N3. The fourth-order valence-corrected chi connectivity index (χ4v) is 7.12. The molecule has 6 aromatic rings. The molecule has 1 unspecified atom stereocenters. The predicted octanol–water partition coefficient (Wildman–Crippen LogP) is 11.2. The molecule has 0 amide bonds. The molecule has 5 aromatic carbocycles. The van der Waals surface area contributed by atoms with Crippen LogP contribution in [0, 0.1) is 5.92 Å². The van der Waals surface area contributed by atoms with Gasteiger partial charge >= 0.3 is 0 Å². The Labute approximate surface area is 283 Å². The van der Waals surface area contributed by atoms with Gasteiger partial charge in [0, 0.05) is 22.1 Å². The zero-order valence-corrected chi connectivity index (χ0v) is 27.6. The number of hydrogen-bond donors (Lipinski definition) is 0. The average Bonchev–Trinajstić information content (AvgIpc) is 3.42. The van der Waals surface area contributed by atoms with Gasteiger partial charge in [0.25, 0.3) is 0 Å². The summed E-state index contributed by atoms with van der Waals surface area (Å²) in [4.78, 5) is 14.9. The first kappa shape index (κ1) is 29.7. The molecular weight excluding hydrogens is 583 g/mol. The Morgan fingerprint density at radius 1 is 0.521 bits per heavy atom. The van der Waals surface area contributed by atoms with Crippen molar-refractivity contribution in [3.8, 4) is 33.9 Å². The molecule has 232 valence electrons. The highest BCUT2D eigenvalue weighted by Gasteiger charge is 2.33. The third-order valence-electron chi connectivity index (χ3n) is 9.80. The van der Waals surface area contributed by atoms with Crippen molar-refractivity contribution >= 4 is 22.8 Å². The molecule has 0 N–H and O–H groups in total. The van der Waals surface area contributed by atoms with Crippen molar-refractivity contribution < 1.29 is 0 Å². The van der Waals surface area contributed by atoms with Crippen molar-refractivity contribution in [2.45, 2.75) is 32.6 Å². The lowest BCUT2D eigenvalue weighted by atomic mass is 9.78. The van der Waals surface area contributed by atoms with Gasteiger partial charge in [0.05, 0.1) is 0 Å². The first-order chi connectivity index (χ1) is 23.4. The normalized spacial score (nSPS) is 16.5. The third kappa shape index (κ3) is 5.52. The predicted molar refractivity (Wildman–Crippen MR) is 200 cm³/mol. The molecule has 1 aromatic heterocycles. The Bertz CT molecular complexity index is 2180. The summed E-state index contributed by atoms with van der Waals surface area (Å²) in [6.07, 6.45) is 7.83. The summed E-state index contributed by atoms with van der Waals surface area (Å²) in [6, 6.07) is 47.1. The molecule has 0 fully saturated rings. The number of allylic oxidation sites excluding steroid dienone is 5. The molecule has 3 nitrogen and oxygen atoms in total. The van der Waals surface area contributed by atoms with Crippen molar-refractivity contribution in [3.05, 3.63) is 174 Å². The summed E-state index contributed by atoms with van der Waals surface area (Å²) in [6.45, 7) is 6.97. The smallest absolute Gasteiger partial charge is 0.164 e. The minimum Gasteiger partial charge on any atom is -0.208 e. The average molecular weight is 620 g/mol. The molecule has 0 saturated carbocycles. The summed E-state index contributed by atoms with van der Waals surface area (Å²) in [7, 11) is 0. The van der Waals surface area contributed by atoms with Gasteiger partial charge in [-0.05, 0) is 81.2 Å². The van der Waals surface area contributed by atoms with Gasteiger partial charge in [-0.2, -0.15) is 0 Å². The van der Waals surface area contributed by atoms with Crippen LogP contribution < -0.4 is 0 Å². The summed E-state index contributed by atoms with van der Waals surface area (Å²) >= 11 is 0. The topological polar surface area (TPSA) is 38.7 Å². The van der Waals surface area contributed by atoms with E-state index in [0.717, 1.165) is 23.1 Å². The van der Waals surface area contributed by atoms with Crippen LogP contribution in [0.1, 0.15) is 55.3 Å². The Morgan fingerprint density at radius 3 is 1.69 bits per heavy atom. The Balaban J connectivity index is 1.15. The van der Waals surface area contributed by atoms with Crippen LogP contribution in [0.4, 0.5) is 0 Å². The van der Waals surface area contributed by atoms with Gasteiger partial charge in [0.15, 0.2) is 17.5 Å². The quantitative estimate of drug-likeness (QED) is 0.186. The monoisotopic (exact) mass is 619 g/mol. The number of aromatic nitrogens is 3. The van der Waals surface area contributed by atoms with Gasteiger partial charge in [-0.1, -0.05) is 148 Å². The van der Waals surface area contributed by atoms with Gasteiger partial charge in [-0.15, -0.1) is 0 Å². The highest BCUT2D eigenvalue weighted by Crippen LogP contribution is 2.47. The summed E-state index contributed by atoms with van der Waals surface area (Å²) in [5, 5.41) is 0. The molecule has 2 aliphatic carbocycles. The van der Waals surface area contributed by atoms with Crippen LogP contribution in [0.15, 0.2) is 146 Å². The molecule has 2 aliphatic rings. The van der Waals surface area contributed by atoms with Crippen LogP contribution in [0.2, 0.25) is 0 Å². The molecule has 48 heavy (non-hydrogen) atoms. The zero-order valence-electron chi connectivity index (χ0n) is 27.6. The molecule has 0 saturated heterocycles. The largest absolute Gasteiger partial charge is 0.208 e. The molecule has 3 heteroatoms. The van der Waals surface area contributed by atoms with E-state index >= 15 is 0 Å². The van der Waals surface area contributed by atoms with Gasteiger partial charge < -0.3 is 0 Å². The van der Waals surface area contributed by atoms with Gasteiger partial charge in [0.2, 0.25) is 0 Å². The van der Waals surface area contributed by atoms with Crippen molar-refractivity contribution in [2.24, 2.45) is 5.92 Å². The molecule has 0 bridgehead atoms. The Hall–Kier alpha value is -5.67. The maximum Gasteiger partial charge on any atom is 0.164 e. The zero-order chi connectivity index (χ0) is 32.7. The third-order valence-corrected chi connectivity index (χ3v) is 9.80. The Morgan fingerprint density at radius 2 is 1.04 bits per heavy atom. The minimum absolute atomic E-state index is 0.0437. The highest BCUT2D eigenvalue weighted by molar-refractivity contribution is 5.95. The maximum atomic E-state index is 5.00. The number of hydrogen-bond acceptors (Lipinski definition) is 3. The van der Waals surface area contributed by atoms with E-state index in [0.29, 0.717) is 23.4 Å². The molecule has 1 heterocycles. The second kappa shape index (κ2) is 12.2. The van der Waals surface area contributed by atoms with Crippen LogP contribution in [0.5, 0.6) is 0 Å².